The Bertz CT molecular complexity index is 974. The Kier molecular flexibility index (Phi) is 6.26. The molecule has 0 unspecified atom stereocenters. The normalized spacial score (nSPS) is 11.8. The molecule has 3 aromatic rings. The van der Waals surface area contributed by atoms with Crippen LogP contribution in [0.4, 0.5) is 13.2 Å². The van der Waals surface area contributed by atoms with E-state index in [9.17, 15) is 13.2 Å². The van der Waals surface area contributed by atoms with E-state index >= 15 is 0 Å². The summed E-state index contributed by atoms with van der Waals surface area (Å²) in [5.41, 5.74) is 0.0210. The largest absolute Gasteiger partial charge is 0.457 e. The molecule has 0 saturated heterocycles. The Hall–Kier alpha value is -2.51. The smallest absolute Gasteiger partial charge is 0.433 e. The van der Waals surface area contributed by atoms with Gasteiger partial charge in [-0.15, -0.1) is 0 Å². The van der Waals surface area contributed by atoms with Crippen molar-refractivity contribution in [3.05, 3.63) is 76.6 Å². The molecule has 0 bridgehead atoms. The molecule has 28 heavy (non-hydrogen) atoms. The molecule has 2 aromatic carbocycles. The van der Waals surface area contributed by atoms with Gasteiger partial charge in [-0.2, -0.15) is 13.2 Å². The molecule has 0 N–H and O–H groups in total. The lowest BCUT2D eigenvalue weighted by Gasteiger charge is -2.08. The van der Waals surface area contributed by atoms with Gasteiger partial charge in [-0.25, -0.2) is 9.97 Å². The molecule has 0 amide bonds. The van der Waals surface area contributed by atoms with Crippen LogP contribution in [0.2, 0.25) is 5.02 Å². The number of rotatable bonds is 5. The number of ether oxygens (including phenoxy) is 1. The fourth-order valence-corrected chi connectivity index (χ4v) is 2.74. The topological polar surface area (TPSA) is 35.0 Å². The van der Waals surface area contributed by atoms with Gasteiger partial charge in [-0.1, -0.05) is 41.6 Å². The summed E-state index contributed by atoms with van der Waals surface area (Å²) in [5, 5.41) is 0.692. The molecule has 144 valence electrons. The van der Waals surface area contributed by atoms with Gasteiger partial charge in [0.2, 0.25) is 0 Å². The summed E-state index contributed by atoms with van der Waals surface area (Å²) in [4.78, 5) is 7.59. The summed E-state index contributed by atoms with van der Waals surface area (Å²) >= 11 is 6.90. The van der Waals surface area contributed by atoms with Crippen molar-refractivity contribution in [3.8, 4) is 11.5 Å². The summed E-state index contributed by atoms with van der Waals surface area (Å²) in [6.07, 6.45) is 0.309. The second-order valence-corrected chi connectivity index (χ2v) is 6.83. The molecule has 1 heterocycles. The maximum absolute atomic E-state index is 12.9. The zero-order chi connectivity index (χ0) is 20.1. The van der Waals surface area contributed by atoms with E-state index in [1.165, 1.54) is 6.08 Å². The molecule has 0 atom stereocenters. The number of benzene rings is 2. The van der Waals surface area contributed by atoms with Crippen molar-refractivity contribution in [3.63, 3.8) is 0 Å². The number of aromatic nitrogens is 2. The van der Waals surface area contributed by atoms with Crippen LogP contribution in [-0.2, 0) is 6.18 Å². The molecule has 0 spiro atoms. The monoisotopic (exact) mass is 422 g/mol. The van der Waals surface area contributed by atoms with Gasteiger partial charge in [0.1, 0.15) is 17.2 Å². The first-order valence-electron chi connectivity index (χ1n) is 8.05. The van der Waals surface area contributed by atoms with Gasteiger partial charge in [0.25, 0.3) is 0 Å². The summed E-state index contributed by atoms with van der Waals surface area (Å²) in [6.45, 7) is 0. The van der Waals surface area contributed by atoms with Crippen molar-refractivity contribution < 1.29 is 17.9 Å². The van der Waals surface area contributed by atoms with Crippen molar-refractivity contribution in [1.82, 2.24) is 9.97 Å². The van der Waals surface area contributed by atoms with Gasteiger partial charge in [0, 0.05) is 5.02 Å². The van der Waals surface area contributed by atoms with Gasteiger partial charge in [0.05, 0.1) is 5.69 Å². The number of halogens is 4. The van der Waals surface area contributed by atoms with Crippen LogP contribution < -0.4 is 4.74 Å². The Morgan fingerprint density at radius 3 is 2.11 bits per heavy atom. The lowest BCUT2D eigenvalue weighted by Crippen LogP contribution is -2.10. The van der Waals surface area contributed by atoms with Gasteiger partial charge >= 0.3 is 6.18 Å². The van der Waals surface area contributed by atoms with Crippen molar-refractivity contribution in [2.75, 3.05) is 6.26 Å². The fraction of sp³-hybridized carbons (Fsp3) is 0.100. The van der Waals surface area contributed by atoms with Crippen molar-refractivity contribution >= 4 is 35.5 Å². The summed E-state index contributed by atoms with van der Waals surface area (Å²) < 4.78 is 44.5. The average molecular weight is 423 g/mol. The van der Waals surface area contributed by atoms with Gasteiger partial charge in [-0.3, -0.25) is 0 Å². The highest BCUT2D eigenvalue weighted by molar-refractivity contribution is 7.98. The van der Waals surface area contributed by atoms with Crippen LogP contribution in [0.15, 0.2) is 59.8 Å². The van der Waals surface area contributed by atoms with E-state index < -0.39 is 11.9 Å². The SMILES string of the molecule is CSc1nc(/C=C/c2ccc(Oc3ccc(Cl)cc3)cc2)cc(C(F)(F)F)n1. The molecule has 0 aliphatic heterocycles. The quantitative estimate of drug-likeness (QED) is 0.333. The standard InChI is InChI=1S/C20H14ClF3N2OS/c1-28-19-25-15(12-18(26-19)20(22,23)24)7-2-13-3-8-16(9-4-13)27-17-10-5-14(21)6-11-17/h2-12H,1H3/b7-2+. The molecule has 0 radical (unpaired) electrons. The van der Waals surface area contributed by atoms with E-state index in [-0.39, 0.29) is 10.9 Å². The number of hydrogen-bond acceptors (Lipinski definition) is 4. The lowest BCUT2D eigenvalue weighted by atomic mass is 10.2. The molecule has 0 fully saturated rings. The Balaban J connectivity index is 1.74. The van der Waals surface area contributed by atoms with E-state index in [2.05, 4.69) is 9.97 Å². The van der Waals surface area contributed by atoms with Crippen molar-refractivity contribution in [1.29, 1.82) is 0 Å². The average Bonchev–Trinajstić information content (AvgIpc) is 2.68. The summed E-state index contributed by atoms with van der Waals surface area (Å²) in [7, 11) is 0. The number of nitrogens with zero attached hydrogens (tertiary/aromatic N) is 2. The Morgan fingerprint density at radius 1 is 0.929 bits per heavy atom. The van der Waals surface area contributed by atoms with Crippen LogP contribution in [0.3, 0.4) is 0 Å². The highest BCUT2D eigenvalue weighted by atomic mass is 35.5. The first kappa shape index (κ1) is 20.2. The van der Waals surface area contributed by atoms with Crippen LogP contribution in [-0.4, -0.2) is 16.2 Å². The third-order valence-corrected chi connectivity index (χ3v) is 4.37. The molecule has 3 nitrogen and oxygen atoms in total. The highest BCUT2D eigenvalue weighted by Crippen LogP contribution is 2.29. The molecule has 3 rings (SSSR count). The minimum absolute atomic E-state index is 0.0705. The van der Waals surface area contributed by atoms with Crippen LogP contribution in [0.5, 0.6) is 11.5 Å². The third-order valence-electron chi connectivity index (χ3n) is 3.57. The van der Waals surface area contributed by atoms with Crippen molar-refractivity contribution in [2.45, 2.75) is 11.3 Å². The number of hydrogen-bond donors (Lipinski definition) is 0. The van der Waals surface area contributed by atoms with E-state index in [0.717, 1.165) is 23.4 Å². The van der Waals surface area contributed by atoms with E-state index in [4.69, 9.17) is 16.3 Å². The molecule has 8 heteroatoms. The summed E-state index contributed by atoms with van der Waals surface area (Å²) in [5.74, 6) is 1.28. The summed E-state index contributed by atoms with van der Waals surface area (Å²) in [6, 6.07) is 15.0. The van der Waals surface area contributed by atoms with E-state index in [1.54, 1.807) is 60.9 Å². The molecular weight excluding hydrogens is 409 g/mol. The van der Waals surface area contributed by atoms with Gasteiger partial charge < -0.3 is 4.74 Å². The minimum atomic E-state index is -4.52. The number of alkyl halides is 3. The zero-order valence-electron chi connectivity index (χ0n) is 14.6. The minimum Gasteiger partial charge on any atom is -0.457 e. The first-order chi connectivity index (χ1) is 13.3. The Morgan fingerprint density at radius 2 is 1.54 bits per heavy atom. The van der Waals surface area contributed by atoms with Crippen LogP contribution in [0.1, 0.15) is 17.0 Å². The van der Waals surface area contributed by atoms with Gasteiger partial charge in [0.15, 0.2) is 5.16 Å². The Labute approximate surface area is 169 Å². The second kappa shape index (κ2) is 8.67. The molecular formula is C20H14ClF3N2OS. The second-order valence-electron chi connectivity index (χ2n) is 5.62. The van der Waals surface area contributed by atoms with Crippen LogP contribution in [0, 0.1) is 0 Å². The zero-order valence-corrected chi connectivity index (χ0v) is 16.1. The first-order valence-corrected chi connectivity index (χ1v) is 9.65. The molecule has 1 aromatic heterocycles. The number of thioether (sulfide) groups is 1. The van der Waals surface area contributed by atoms with Crippen LogP contribution in [0.25, 0.3) is 12.2 Å². The lowest BCUT2D eigenvalue weighted by molar-refractivity contribution is -0.141. The highest BCUT2D eigenvalue weighted by Gasteiger charge is 2.33. The van der Waals surface area contributed by atoms with E-state index in [1.807, 2.05) is 0 Å². The maximum atomic E-state index is 12.9. The van der Waals surface area contributed by atoms with E-state index in [0.29, 0.717) is 16.5 Å². The third kappa shape index (κ3) is 5.50. The van der Waals surface area contributed by atoms with Gasteiger partial charge in [-0.05, 0) is 60.4 Å². The predicted molar refractivity (Wildman–Crippen MR) is 106 cm³/mol. The maximum Gasteiger partial charge on any atom is 0.433 e. The predicted octanol–water partition coefficient (Wildman–Crippen LogP) is 6.83. The van der Waals surface area contributed by atoms with Crippen molar-refractivity contribution in [2.24, 2.45) is 0 Å². The molecule has 0 aliphatic carbocycles. The molecule has 0 saturated carbocycles. The molecule has 0 aliphatic rings. The fourth-order valence-electron chi connectivity index (χ4n) is 2.23. The van der Waals surface area contributed by atoms with Crippen LogP contribution >= 0.6 is 23.4 Å².